The van der Waals surface area contributed by atoms with Gasteiger partial charge < -0.3 is 10.2 Å². The summed E-state index contributed by atoms with van der Waals surface area (Å²) < 4.78 is 0. The Morgan fingerprint density at radius 1 is 1.42 bits per heavy atom. The minimum Gasteiger partial charge on any atom is -0.369 e. The quantitative estimate of drug-likeness (QED) is 0.560. The summed E-state index contributed by atoms with van der Waals surface area (Å²) in [4.78, 5) is 10.8. The smallest absolute Gasteiger partial charge is 0.239 e. The lowest BCUT2D eigenvalue weighted by atomic mass is 9.80. The summed E-state index contributed by atoms with van der Waals surface area (Å²) in [7, 11) is 2.18. The van der Waals surface area contributed by atoms with Gasteiger partial charge in [-0.3, -0.25) is 5.43 Å². The van der Waals surface area contributed by atoms with E-state index in [2.05, 4.69) is 39.6 Å². The summed E-state index contributed by atoms with van der Waals surface area (Å²) >= 11 is 0. The van der Waals surface area contributed by atoms with Crippen molar-refractivity contribution in [1.29, 1.82) is 0 Å². The first-order chi connectivity index (χ1) is 9.02. The van der Waals surface area contributed by atoms with E-state index >= 15 is 0 Å². The third kappa shape index (κ3) is 3.54. The number of aromatic nitrogens is 2. The van der Waals surface area contributed by atoms with Crippen molar-refractivity contribution in [1.82, 2.24) is 14.9 Å². The molecule has 1 saturated heterocycles. The number of nitrogens with one attached hydrogen (secondary N) is 2. The van der Waals surface area contributed by atoms with E-state index in [-0.39, 0.29) is 0 Å². The lowest BCUT2D eigenvalue weighted by Crippen LogP contribution is -2.40. The Bertz CT molecular complexity index is 425. The van der Waals surface area contributed by atoms with E-state index in [4.69, 9.17) is 5.84 Å². The fourth-order valence-corrected chi connectivity index (χ4v) is 2.32. The molecule has 6 nitrogen and oxygen atoms in total. The highest BCUT2D eigenvalue weighted by Crippen LogP contribution is 2.30. The van der Waals surface area contributed by atoms with E-state index in [0.717, 1.165) is 31.0 Å². The molecule has 0 saturated carbocycles. The second-order valence-corrected chi connectivity index (χ2v) is 5.84. The number of hydrogen-bond acceptors (Lipinski definition) is 6. The van der Waals surface area contributed by atoms with E-state index in [1.165, 1.54) is 12.8 Å². The van der Waals surface area contributed by atoms with Gasteiger partial charge in [0.1, 0.15) is 5.82 Å². The zero-order valence-corrected chi connectivity index (χ0v) is 12.0. The van der Waals surface area contributed by atoms with Crippen LogP contribution in [-0.4, -0.2) is 41.5 Å². The molecule has 1 aliphatic heterocycles. The molecule has 0 unspecified atom stereocenters. The molecule has 106 valence electrons. The molecule has 6 heteroatoms. The predicted molar refractivity (Wildman–Crippen MR) is 77.9 cm³/mol. The van der Waals surface area contributed by atoms with Gasteiger partial charge in [0.2, 0.25) is 5.95 Å². The topological polar surface area (TPSA) is 79.1 Å². The van der Waals surface area contributed by atoms with Crippen LogP contribution in [-0.2, 0) is 0 Å². The number of nitrogens with two attached hydrogens (primary N) is 1. The first kappa shape index (κ1) is 14.0. The van der Waals surface area contributed by atoms with Crippen LogP contribution < -0.4 is 16.6 Å². The highest BCUT2D eigenvalue weighted by molar-refractivity contribution is 5.46. The molecule has 4 N–H and O–H groups in total. The molecule has 0 radical (unpaired) electrons. The first-order valence-corrected chi connectivity index (χ1v) is 6.75. The molecule has 0 aliphatic carbocycles. The third-order valence-corrected chi connectivity index (χ3v) is 3.98. The van der Waals surface area contributed by atoms with Gasteiger partial charge in [0, 0.05) is 18.3 Å². The molecular weight excluding hydrogens is 240 g/mol. The van der Waals surface area contributed by atoms with E-state index in [0.29, 0.717) is 11.4 Å². The Morgan fingerprint density at radius 3 is 2.74 bits per heavy atom. The molecule has 1 aromatic rings. The van der Waals surface area contributed by atoms with Crippen molar-refractivity contribution in [2.45, 2.75) is 26.7 Å². The summed E-state index contributed by atoms with van der Waals surface area (Å²) in [5.41, 5.74) is 3.85. The van der Waals surface area contributed by atoms with Crippen LogP contribution in [0.1, 0.15) is 25.3 Å². The number of hydrogen-bond donors (Lipinski definition) is 3. The number of nitrogens with zero attached hydrogens (tertiary/aromatic N) is 3. The second-order valence-electron chi connectivity index (χ2n) is 5.84. The highest BCUT2D eigenvalue weighted by atomic mass is 15.3. The van der Waals surface area contributed by atoms with Gasteiger partial charge in [-0.15, -0.1) is 0 Å². The molecule has 1 aliphatic rings. The Labute approximate surface area is 114 Å². The average Bonchev–Trinajstić information content (AvgIpc) is 2.42. The number of piperidine rings is 1. The standard InChI is InChI=1S/C13H24N6/c1-10-8-15-12(18-14)17-11(10)16-9-13(2)4-6-19(3)7-5-13/h8H,4-7,9,14H2,1-3H3,(H2,15,16,17,18). The Balaban J connectivity index is 1.98. The average molecular weight is 264 g/mol. The number of likely N-dealkylation sites (tertiary alicyclic amines) is 1. The van der Waals surface area contributed by atoms with Crippen LogP contribution in [0.5, 0.6) is 0 Å². The van der Waals surface area contributed by atoms with Gasteiger partial charge in [0.05, 0.1) is 0 Å². The first-order valence-electron chi connectivity index (χ1n) is 6.75. The van der Waals surface area contributed by atoms with Gasteiger partial charge in [-0.05, 0) is 45.3 Å². The molecule has 0 spiro atoms. The lowest BCUT2D eigenvalue weighted by molar-refractivity contribution is 0.150. The van der Waals surface area contributed by atoms with Crippen LogP contribution in [0.4, 0.5) is 11.8 Å². The number of rotatable bonds is 4. The Hall–Kier alpha value is -1.40. The van der Waals surface area contributed by atoms with Crippen molar-refractivity contribution in [3.05, 3.63) is 11.8 Å². The lowest BCUT2D eigenvalue weighted by Gasteiger charge is -2.38. The molecule has 1 aromatic heterocycles. The van der Waals surface area contributed by atoms with Crippen LogP contribution in [0.2, 0.25) is 0 Å². The van der Waals surface area contributed by atoms with Gasteiger partial charge in [-0.25, -0.2) is 10.8 Å². The number of hydrazine groups is 1. The summed E-state index contributed by atoms with van der Waals surface area (Å²) in [6.45, 7) is 7.60. The maximum absolute atomic E-state index is 5.34. The molecule has 2 heterocycles. The molecule has 19 heavy (non-hydrogen) atoms. The van der Waals surface area contributed by atoms with Crippen molar-refractivity contribution in [2.75, 3.05) is 37.4 Å². The molecule has 2 rings (SSSR count). The van der Waals surface area contributed by atoms with Gasteiger partial charge in [-0.1, -0.05) is 6.92 Å². The summed E-state index contributed by atoms with van der Waals surface area (Å²) in [6.07, 6.45) is 4.20. The maximum atomic E-state index is 5.34. The molecule has 0 bridgehead atoms. The van der Waals surface area contributed by atoms with Crippen LogP contribution in [0.25, 0.3) is 0 Å². The van der Waals surface area contributed by atoms with Crippen molar-refractivity contribution < 1.29 is 0 Å². The van der Waals surface area contributed by atoms with E-state index in [9.17, 15) is 0 Å². The maximum Gasteiger partial charge on any atom is 0.239 e. The number of nitrogen functional groups attached to an aromatic ring is 1. The minimum atomic E-state index is 0.334. The van der Waals surface area contributed by atoms with Gasteiger partial charge in [0.25, 0.3) is 0 Å². The van der Waals surface area contributed by atoms with Gasteiger partial charge in [0.15, 0.2) is 0 Å². The van der Waals surface area contributed by atoms with Crippen LogP contribution in [0, 0.1) is 12.3 Å². The summed E-state index contributed by atoms with van der Waals surface area (Å²) in [5, 5.41) is 3.45. The summed E-state index contributed by atoms with van der Waals surface area (Å²) in [5.74, 6) is 6.65. The van der Waals surface area contributed by atoms with Gasteiger partial charge >= 0.3 is 0 Å². The molecular formula is C13H24N6. The SMILES string of the molecule is Cc1cnc(NN)nc1NCC1(C)CCN(C)CC1. The number of aryl methyl sites for hydroxylation is 1. The van der Waals surface area contributed by atoms with Crippen molar-refractivity contribution in [3.8, 4) is 0 Å². The Morgan fingerprint density at radius 2 is 2.11 bits per heavy atom. The molecule has 0 amide bonds. The van der Waals surface area contributed by atoms with Crippen LogP contribution in [0.15, 0.2) is 6.20 Å². The normalized spacial score (nSPS) is 19.2. The van der Waals surface area contributed by atoms with Crippen LogP contribution >= 0.6 is 0 Å². The molecule has 1 fully saturated rings. The highest BCUT2D eigenvalue weighted by Gasteiger charge is 2.28. The molecule has 0 atom stereocenters. The van der Waals surface area contributed by atoms with Crippen molar-refractivity contribution in [3.63, 3.8) is 0 Å². The van der Waals surface area contributed by atoms with E-state index < -0.39 is 0 Å². The van der Waals surface area contributed by atoms with Gasteiger partial charge in [-0.2, -0.15) is 4.98 Å². The zero-order valence-electron chi connectivity index (χ0n) is 12.0. The number of anilines is 2. The largest absolute Gasteiger partial charge is 0.369 e. The van der Waals surface area contributed by atoms with Crippen LogP contribution in [0.3, 0.4) is 0 Å². The zero-order chi connectivity index (χ0) is 13.9. The monoisotopic (exact) mass is 264 g/mol. The summed E-state index contributed by atoms with van der Waals surface area (Å²) in [6, 6.07) is 0. The fourth-order valence-electron chi connectivity index (χ4n) is 2.32. The minimum absolute atomic E-state index is 0.334. The van der Waals surface area contributed by atoms with Crippen molar-refractivity contribution in [2.24, 2.45) is 11.3 Å². The Kier molecular flexibility index (Phi) is 4.21. The fraction of sp³-hybridized carbons (Fsp3) is 0.692. The van der Waals surface area contributed by atoms with E-state index in [1.54, 1.807) is 6.20 Å². The van der Waals surface area contributed by atoms with E-state index in [1.807, 2.05) is 6.92 Å². The third-order valence-electron chi connectivity index (χ3n) is 3.98. The second kappa shape index (κ2) is 5.71. The molecule has 0 aromatic carbocycles. The van der Waals surface area contributed by atoms with Crippen molar-refractivity contribution >= 4 is 11.8 Å². The predicted octanol–water partition coefficient (Wildman–Crippen LogP) is 1.21.